The Morgan fingerprint density at radius 3 is 2.38 bits per heavy atom. The highest BCUT2D eigenvalue weighted by atomic mass is 16.5. The Morgan fingerprint density at radius 2 is 1.81 bits per heavy atom. The summed E-state index contributed by atoms with van der Waals surface area (Å²) in [6.07, 6.45) is 8.67. The molecule has 3 nitrogen and oxygen atoms in total. The summed E-state index contributed by atoms with van der Waals surface area (Å²) in [5, 5.41) is 0. The van der Waals surface area contributed by atoms with E-state index in [1.807, 2.05) is 0 Å². The van der Waals surface area contributed by atoms with Crippen molar-refractivity contribution in [1.29, 1.82) is 0 Å². The first-order valence-electron chi connectivity index (χ1n) is 6.71. The van der Waals surface area contributed by atoms with Crippen molar-refractivity contribution in [1.82, 2.24) is 4.90 Å². The molecule has 1 atom stereocenters. The second-order valence-corrected chi connectivity index (χ2v) is 5.72. The Hall–Kier alpha value is -0.120. The molecule has 2 N–H and O–H groups in total. The van der Waals surface area contributed by atoms with Crippen molar-refractivity contribution in [2.75, 3.05) is 33.4 Å². The SMILES string of the molecule is COCC(N)CN1CCC2(CCCC2)CC1. The zero-order valence-corrected chi connectivity index (χ0v) is 10.6. The van der Waals surface area contributed by atoms with E-state index in [-0.39, 0.29) is 6.04 Å². The summed E-state index contributed by atoms with van der Waals surface area (Å²) in [6.45, 7) is 4.18. The van der Waals surface area contributed by atoms with Crippen LogP contribution in [0.1, 0.15) is 38.5 Å². The summed E-state index contributed by atoms with van der Waals surface area (Å²) in [5.41, 5.74) is 6.72. The summed E-state index contributed by atoms with van der Waals surface area (Å²) < 4.78 is 5.09. The van der Waals surface area contributed by atoms with Gasteiger partial charge in [-0.05, 0) is 44.2 Å². The van der Waals surface area contributed by atoms with E-state index in [2.05, 4.69) is 4.90 Å². The highest BCUT2D eigenvalue weighted by Crippen LogP contribution is 2.45. The topological polar surface area (TPSA) is 38.5 Å². The number of nitrogens with zero attached hydrogens (tertiary/aromatic N) is 1. The van der Waals surface area contributed by atoms with Crippen molar-refractivity contribution >= 4 is 0 Å². The van der Waals surface area contributed by atoms with Crippen LogP contribution in [-0.4, -0.2) is 44.3 Å². The second kappa shape index (κ2) is 5.48. The Balaban J connectivity index is 1.72. The van der Waals surface area contributed by atoms with Gasteiger partial charge in [-0.2, -0.15) is 0 Å². The molecule has 0 amide bonds. The van der Waals surface area contributed by atoms with Gasteiger partial charge in [-0.3, -0.25) is 0 Å². The molecule has 0 aromatic rings. The fourth-order valence-electron chi connectivity index (χ4n) is 3.43. The van der Waals surface area contributed by atoms with Gasteiger partial charge in [0.25, 0.3) is 0 Å². The van der Waals surface area contributed by atoms with Crippen molar-refractivity contribution in [3.05, 3.63) is 0 Å². The van der Waals surface area contributed by atoms with Gasteiger partial charge in [-0.25, -0.2) is 0 Å². The molecule has 3 heteroatoms. The van der Waals surface area contributed by atoms with Crippen LogP contribution in [0.3, 0.4) is 0 Å². The van der Waals surface area contributed by atoms with Crippen molar-refractivity contribution in [3.63, 3.8) is 0 Å². The predicted molar refractivity (Wildman–Crippen MR) is 66.4 cm³/mol. The summed E-state index contributed by atoms with van der Waals surface area (Å²) in [7, 11) is 1.73. The van der Waals surface area contributed by atoms with E-state index in [9.17, 15) is 0 Å². The lowest BCUT2D eigenvalue weighted by Crippen LogP contribution is -2.45. The summed E-state index contributed by atoms with van der Waals surface area (Å²) >= 11 is 0. The minimum atomic E-state index is 0.183. The molecule has 1 spiro atoms. The van der Waals surface area contributed by atoms with Crippen LogP contribution >= 0.6 is 0 Å². The van der Waals surface area contributed by atoms with Gasteiger partial charge in [-0.1, -0.05) is 12.8 Å². The van der Waals surface area contributed by atoms with Gasteiger partial charge >= 0.3 is 0 Å². The zero-order valence-electron chi connectivity index (χ0n) is 10.6. The molecule has 16 heavy (non-hydrogen) atoms. The van der Waals surface area contributed by atoms with E-state index in [0.717, 1.165) is 12.0 Å². The molecule has 0 bridgehead atoms. The molecule has 1 aliphatic heterocycles. The highest BCUT2D eigenvalue weighted by Gasteiger charge is 2.36. The van der Waals surface area contributed by atoms with Crippen LogP contribution in [0, 0.1) is 5.41 Å². The van der Waals surface area contributed by atoms with E-state index in [0.29, 0.717) is 6.61 Å². The number of nitrogens with two attached hydrogens (primary N) is 1. The molecule has 2 aliphatic rings. The third-order valence-electron chi connectivity index (χ3n) is 4.45. The largest absolute Gasteiger partial charge is 0.383 e. The Morgan fingerprint density at radius 1 is 1.19 bits per heavy atom. The molecule has 2 rings (SSSR count). The molecular weight excluding hydrogens is 200 g/mol. The number of likely N-dealkylation sites (tertiary alicyclic amines) is 1. The average molecular weight is 226 g/mol. The van der Waals surface area contributed by atoms with Crippen LogP contribution in [-0.2, 0) is 4.74 Å². The summed E-state index contributed by atoms with van der Waals surface area (Å²) in [5.74, 6) is 0. The number of hydrogen-bond donors (Lipinski definition) is 1. The number of rotatable bonds is 4. The lowest BCUT2D eigenvalue weighted by atomic mass is 9.77. The first-order valence-corrected chi connectivity index (χ1v) is 6.71. The first-order chi connectivity index (χ1) is 7.74. The van der Waals surface area contributed by atoms with Crippen LogP contribution in [0.25, 0.3) is 0 Å². The maximum atomic E-state index is 5.99. The smallest absolute Gasteiger partial charge is 0.0626 e. The third kappa shape index (κ3) is 2.96. The van der Waals surface area contributed by atoms with E-state index < -0.39 is 0 Å². The van der Waals surface area contributed by atoms with E-state index in [1.165, 1.54) is 51.6 Å². The van der Waals surface area contributed by atoms with Gasteiger partial charge in [0.2, 0.25) is 0 Å². The Labute approximate surface area is 99.3 Å². The van der Waals surface area contributed by atoms with E-state index in [4.69, 9.17) is 10.5 Å². The average Bonchev–Trinajstić information content (AvgIpc) is 2.71. The molecular formula is C13H26N2O. The Bertz CT molecular complexity index is 204. The number of methoxy groups -OCH3 is 1. The van der Waals surface area contributed by atoms with Crippen LogP contribution < -0.4 is 5.73 Å². The van der Waals surface area contributed by atoms with Gasteiger partial charge in [0, 0.05) is 19.7 Å². The second-order valence-electron chi connectivity index (χ2n) is 5.72. The van der Waals surface area contributed by atoms with Gasteiger partial charge in [0.1, 0.15) is 0 Å². The number of hydrogen-bond acceptors (Lipinski definition) is 3. The molecule has 0 radical (unpaired) electrons. The maximum Gasteiger partial charge on any atom is 0.0626 e. The molecule has 1 saturated heterocycles. The van der Waals surface area contributed by atoms with Crippen LogP contribution in [0.5, 0.6) is 0 Å². The molecule has 1 saturated carbocycles. The van der Waals surface area contributed by atoms with Crippen molar-refractivity contribution in [2.45, 2.75) is 44.6 Å². The fraction of sp³-hybridized carbons (Fsp3) is 1.00. The van der Waals surface area contributed by atoms with Crippen LogP contribution in [0.4, 0.5) is 0 Å². The number of ether oxygens (including phenoxy) is 1. The van der Waals surface area contributed by atoms with E-state index in [1.54, 1.807) is 7.11 Å². The highest BCUT2D eigenvalue weighted by molar-refractivity contribution is 4.90. The van der Waals surface area contributed by atoms with Crippen LogP contribution in [0.2, 0.25) is 0 Å². The molecule has 2 fully saturated rings. The quantitative estimate of drug-likeness (QED) is 0.791. The lowest BCUT2D eigenvalue weighted by Gasteiger charge is -2.40. The first kappa shape index (κ1) is 12.3. The van der Waals surface area contributed by atoms with Crippen molar-refractivity contribution in [3.8, 4) is 0 Å². The number of piperidine rings is 1. The van der Waals surface area contributed by atoms with Crippen molar-refractivity contribution in [2.24, 2.45) is 11.1 Å². The molecule has 0 aromatic heterocycles. The van der Waals surface area contributed by atoms with Crippen molar-refractivity contribution < 1.29 is 4.74 Å². The van der Waals surface area contributed by atoms with Gasteiger partial charge in [-0.15, -0.1) is 0 Å². The summed E-state index contributed by atoms with van der Waals surface area (Å²) in [6, 6.07) is 0.183. The van der Waals surface area contributed by atoms with Crippen LogP contribution in [0.15, 0.2) is 0 Å². The molecule has 1 heterocycles. The minimum Gasteiger partial charge on any atom is -0.383 e. The third-order valence-corrected chi connectivity index (χ3v) is 4.45. The van der Waals surface area contributed by atoms with E-state index >= 15 is 0 Å². The molecule has 0 aromatic carbocycles. The molecule has 1 unspecified atom stereocenters. The fourth-order valence-corrected chi connectivity index (χ4v) is 3.43. The minimum absolute atomic E-state index is 0.183. The predicted octanol–water partition coefficient (Wildman–Crippen LogP) is 1.62. The van der Waals surface area contributed by atoms with Gasteiger partial charge < -0.3 is 15.4 Å². The summed E-state index contributed by atoms with van der Waals surface area (Å²) in [4.78, 5) is 2.52. The monoisotopic (exact) mass is 226 g/mol. The molecule has 94 valence electrons. The molecule has 1 aliphatic carbocycles. The normalized spacial score (nSPS) is 27.4. The standard InChI is InChI=1S/C13H26N2O/c1-16-11-12(14)10-15-8-6-13(7-9-15)4-2-3-5-13/h12H,2-11,14H2,1H3. The zero-order chi connectivity index (χ0) is 11.4. The Kier molecular flexibility index (Phi) is 4.22. The van der Waals surface area contributed by atoms with Gasteiger partial charge in [0.15, 0.2) is 0 Å². The maximum absolute atomic E-state index is 5.99. The van der Waals surface area contributed by atoms with Gasteiger partial charge in [0.05, 0.1) is 6.61 Å². The lowest BCUT2D eigenvalue weighted by molar-refractivity contribution is 0.0899.